The lowest BCUT2D eigenvalue weighted by molar-refractivity contribution is 0.249. The first-order valence-electron chi connectivity index (χ1n) is 5.59. The number of carbonyl (C=O) groups excluding carboxylic acids is 1. The number of sulfonamides is 1. The van der Waals surface area contributed by atoms with Crippen LogP contribution in [0.3, 0.4) is 0 Å². The van der Waals surface area contributed by atoms with Crippen molar-refractivity contribution in [3.05, 3.63) is 0 Å². The van der Waals surface area contributed by atoms with Crippen molar-refractivity contribution in [2.75, 3.05) is 32.6 Å². The van der Waals surface area contributed by atoms with Crippen molar-refractivity contribution in [3.63, 3.8) is 0 Å². The summed E-state index contributed by atoms with van der Waals surface area (Å²) in [5.74, 6) is 0. The third-order valence-electron chi connectivity index (χ3n) is 2.37. The molecule has 0 saturated heterocycles. The highest BCUT2D eigenvalue weighted by Crippen LogP contribution is 2.24. The van der Waals surface area contributed by atoms with Gasteiger partial charge >= 0.3 is 6.03 Å². The standard InChI is InChI=1S/C9H17N5O3S2/c1-5-6-13(3)19(16,17)9-12-11-8(18-9)14(4)7(15)10-2/h5-6H2,1-4H3,(H,10,15). The summed E-state index contributed by atoms with van der Waals surface area (Å²) in [6.45, 7) is 2.29. The molecule has 0 spiro atoms. The Kier molecular flexibility index (Phi) is 5.20. The van der Waals surface area contributed by atoms with Gasteiger partial charge < -0.3 is 5.32 Å². The second-order valence-electron chi connectivity index (χ2n) is 3.79. The lowest BCUT2D eigenvalue weighted by Crippen LogP contribution is -2.34. The Morgan fingerprint density at radius 1 is 1.37 bits per heavy atom. The Morgan fingerprint density at radius 2 is 2.00 bits per heavy atom. The van der Waals surface area contributed by atoms with Crippen LogP contribution in [0.25, 0.3) is 0 Å². The number of hydrogen-bond donors (Lipinski definition) is 1. The average Bonchev–Trinajstić information content (AvgIpc) is 2.87. The molecule has 1 heterocycles. The summed E-state index contributed by atoms with van der Waals surface area (Å²) in [6, 6.07) is -0.387. The van der Waals surface area contributed by atoms with Crippen LogP contribution in [0.2, 0.25) is 0 Å². The van der Waals surface area contributed by atoms with Gasteiger partial charge in [-0.2, -0.15) is 4.31 Å². The van der Waals surface area contributed by atoms with Crippen LogP contribution in [0.15, 0.2) is 4.34 Å². The van der Waals surface area contributed by atoms with E-state index in [4.69, 9.17) is 0 Å². The average molecular weight is 307 g/mol. The molecule has 1 aromatic heterocycles. The number of rotatable bonds is 5. The zero-order valence-corrected chi connectivity index (χ0v) is 12.9. The van der Waals surface area contributed by atoms with Crippen molar-refractivity contribution in [2.45, 2.75) is 17.7 Å². The second kappa shape index (κ2) is 6.26. The molecule has 1 rings (SSSR count). The Bertz CT molecular complexity index is 542. The third-order valence-corrected chi connectivity index (χ3v) is 5.57. The van der Waals surface area contributed by atoms with E-state index in [0.717, 1.165) is 11.3 Å². The predicted molar refractivity (Wildman–Crippen MR) is 72.9 cm³/mol. The highest BCUT2D eigenvalue weighted by molar-refractivity contribution is 7.91. The monoisotopic (exact) mass is 307 g/mol. The molecular weight excluding hydrogens is 290 g/mol. The van der Waals surface area contributed by atoms with Gasteiger partial charge in [-0.05, 0) is 6.42 Å². The number of aromatic nitrogens is 2. The SMILES string of the molecule is CCCN(C)S(=O)(=O)c1nnc(N(C)C(=O)NC)s1. The fraction of sp³-hybridized carbons (Fsp3) is 0.667. The summed E-state index contributed by atoms with van der Waals surface area (Å²) < 4.78 is 25.3. The largest absolute Gasteiger partial charge is 0.341 e. The lowest BCUT2D eigenvalue weighted by atomic mass is 10.5. The van der Waals surface area contributed by atoms with Gasteiger partial charge in [0.1, 0.15) is 0 Å². The van der Waals surface area contributed by atoms with Crippen LogP contribution in [-0.4, -0.2) is 56.6 Å². The van der Waals surface area contributed by atoms with E-state index in [-0.39, 0.29) is 15.5 Å². The Morgan fingerprint density at radius 3 is 2.53 bits per heavy atom. The van der Waals surface area contributed by atoms with E-state index < -0.39 is 10.0 Å². The van der Waals surface area contributed by atoms with Gasteiger partial charge in [0.15, 0.2) is 0 Å². The maximum atomic E-state index is 12.1. The molecule has 0 fully saturated rings. The Labute approximate surface area is 116 Å². The van der Waals surface area contributed by atoms with Crippen molar-refractivity contribution in [1.82, 2.24) is 19.8 Å². The zero-order chi connectivity index (χ0) is 14.6. The van der Waals surface area contributed by atoms with Crippen LogP contribution in [0, 0.1) is 0 Å². The van der Waals surface area contributed by atoms with Gasteiger partial charge in [-0.25, -0.2) is 13.2 Å². The molecule has 108 valence electrons. The molecule has 0 aliphatic heterocycles. The molecule has 2 amide bonds. The maximum absolute atomic E-state index is 12.1. The molecule has 1 N–H and O–H groups in total. The summed E-state index contributed by atoms with van der Waals surface area (Å²) in [6.07, 6.45) is 0.708. The Hall–Kier alpha value is -1.26. The van der Waals surface area contributed by atoms with Crippen molar-refractivity contribution >= 4 is 32.5 Å². The quantitative estimate of drug-likeness (QED) is 0.792. The number of nitrogens with zero attached hydrogens (tertiary/aromatic N) is 4. The van der Waals surface area contributed by atoms with E-state index in [1.807, 2.05) is 6.92 Å². The highest BCUT2D eigenvalue weighted by Gasteiger charge is 2.26. The number of hydrogen-bond acceptors (Lipinski definition) is 6. The molecule has 0 unspecified atom stereocenters. The topological polar surface area (TPSA) is 95.5 Å². The molecule has 0 aliphatic carbocycles. The molecule has 0 bridgehead atoms. The van der Waals surface area contributed by atoms with Gasteiger partial charge in [0.25, 0.3) is 10.0 Å². The van der Waals surface area contributed by atoms with E-state index in [1.165, 1.54) is 30.3 Å². The van der Waals surface area contributed by atoms with Crippen molar-refractivity contribution < 1.29 is 13.2 Å². The Balaban J connectivity index is 3.00. The van der Waals surface area contributed by atoms with E-state index in [0.29, 0.717) is 13.0 Å². The minimum absolute atomic E-state index is 0.116. The van der Waals surface area contributed by atoms with Gasteiger partial charge in [0.05, 0.1) is 0 Å². The number of carbonyl (C=O) groups is 1. The van der Waals surface area contributed by atoms with Crippen LogP contribution in [0.1, 0.15) is 13.3 Å². The predicted octanol–water partition coefficient (Wildman–Crippen LogP) is 0.344. The van der Waals surface area contributed by atoms with Gasteiger partial charge in [-0.1, -0.05) is 18.3 Å². The molecule has 10 heteroatoms. The number of nitrogens with one attached hydrogen (secondary N) is 1. The smallest absolute Gasteiger partial charge is 0.323 e. The first-order chi connectivity index (χ1) is 8.84. The van der Waals surface area contributed by atoms with Crippen LogP contribution in [0.4, 0.5) is 9.93 Å². The third kappa shape index (κ3) is 3.39. The maximum Gasteiger partial charge on any atom is 0.323 e. The van der Waals surface area contributed by atoms with Crippen molar-refractivity contribution in [2.24, 2.45) is 0 Å². The van der Waals surface area contributed by atoms with Crippen LogP contribution < -0.4 is 10.2 Å². The first-order valence-corrected chi connectivity index (χ1v) is 7.85. The van der Waals surface area contributed by atoms with Crippen LogP contribution >= 0.6 is 11.3 Å². The molecule has 1 aromatic rings. The molecule has 0 atom stereocenters. The molecule has 0 saturated carbocycles. The molecule has 0 radical (unpaired) electrons. The number of urea groups is 1. The molecular formula is C9H17N5O3S2. The van der Waals surface area contributed by atoms with E-state index in [1.54, 1.807) is 0 Å². The molecule has 0 aromatic carbocycles. The fourth-order valence-electron chi connectivity index (χ4n) is 1.27. The van der Waals surface area contributed by atoms with E-state index >= 15 is 0 Å². The lowest BCUT2D eigenvalue weighted by Gasteiger charge is -2.13. The van der Waals surface area contributed by atoms with E-state index in [2.05, 4.69) is 15.5 Å². The van der Waals surface area contributed by atoms with Crippen molar-refractivity contribution in [3.8, 4) is 0 Å². The summed E-state index contributed by atoms with van der Waals surface area (Å²) in [7, 11) is 0.832. The van der Waals surface area contributed by atoms with Crippen LogP contribution in [-0.2, 0) is 10.0 Å². The summed E-state index contributed by atoms with van der Waals surface area (Å²) in [4.78, 5) is 12.6. The fourth-order valence-corrected chi connectivity index (χ4v) is 3.66. The van der Waals surface area contributed by atoms with Gasteiger partial charge in [-0.15, -0.1) is 10.2 Å². The van der Waals surface area contributed by atoms with Crippen molar-refractivity contribution in [1.29, 1.82) is 0 Å². The summed E-state index contributed by atoms with van der Waals surface area (Å²) in [5.41, 5.74) is 0. The minimum atomic E-state index is -3.63. The molecule has 0 aliphatic rings. The summed E-state index contributed by atoms with van der Waals surface area (Å²) >= 11 is 0.859. The highest BCUT2D eigenvalue weighted by atomic mass is 32.2. The van der Waals surface area contributed by atoms with E-state index in [9.17, 15) is 13.2 Å². The van der Waals surface area contributed by atoms with Gasteiger partial charge in [-0.3, -0.25) is 4.90 Å². The van der Waals surface area contributed by atoms with Gasteiger partial charge in [0, 0.05) is 27.7 Å². The summed E-state index contributed by atoms with van der Waals surface area (Å²) in [5, 5.41) is 10.0. The van der Waals surface area contributed by atoms with Gasteiger partial charge in [0.2, 0.25) is 9.47 Å². The molecule has 8 nitrogen and oxygen atoms in total. The minimum Gasteiger partial charge on any atom is -0.341 e. The first kappa shape index (κ1) is 15.8. The van der Waals surface area contributed by atoms with Crippen LogP contribution in [0.5, 0.6) is 0 Å². The number of anilines is 1. The number of amides is 2. The molecule has 19 heavy (non-hydrogen) atoms. The second-order valence-corrected chi connectivity index (χ2v) is 6.97. The zero-order valence-electron chi connectivity index (χ0n) is 11.2. The normalized spacial score (nSPS) is 11.6.